The molecule has 0 saturated carbocycles. The molecular weight excluding hydrogens is 426 g/mol. The highest BCUT2D eigenvalue weighted by Crippen LogP contribution is 2.40. The van der Waals surface area contributed by atoms with Gasteiger partial charge in [-0.25, -0.2) is 0 Å². The number of nitriles is 1. The molecule has 6 nitrogen and oxygen atoms in total. The SMILES string of the molecule is COCCc1ccc2c(c1)N(C)C(O)C(C#N)=C2N1CCC(Oc2cccc(Cl)c2)CC1. The van der Waals surface area contributed by atoms with Crippen molar-refractivity contribution in [1.29, 1.82) is 5.26 Å². The highest BCUT2D eigenvalue weighted by molar-refractivity contribution is 6.30. The molecular formula is C25H28ClN3O3. The third kappa shape index (κ3) is 4.56. The number of likely N-dealkylation sites (tertiary alicyclic amines) is 1. The van der Waals surface area contributed by atoms with Crippen LogP contribution in [0.1, 0.15) is 24.0 Å². The minimum Gasteiger partial charge on any atom is -0.490 e. The Hall–Kier alpha value is -2.72. The van der Waals surface area contributed by atoms with E-state index in [4.69, 9.17) is 21.1 Å². The van der Waals surface area contributed by atoms with Crippen molar-refractivity contribution in [3.63, 3.8) is 0 Å². The van der Waals surface area contributed by atoms with Crippen molar-refractivity contribution >= 4 is 23.0 Å². The second kappa shape index (κ2) is 9.83. The van der Waals surface area contributed by atoms with Crippen LogP contribution in [-0.2, 0) is 11.2 Å². The Morgan fingerprint density at radius 1 is 1.19 bits per heavy atom. The van der Waals surface area contributed by atoms with Crippen LogP contribution in [0.4, 0.5) is 5.69 Å². The van der Waals surface area contributed by atoms with Gasteiger partial charge in [0, 0.05) is 56.4 Å². The average Bonchev–Trinajstić information content (AvgIpc) is 2.80. The number of ether oxygens (including phenoxy) is 2. The third-order valence-electron chi connectivity index (χ3n) is 6.15. The van der Waals surface area contributed by atoms with Crippen molar-refractivity contribution in [2.45, 2.75) is 31.6 Å². The first kappa shape index (κ1) is 22.5. The number of nitrogens with zero attached hydrogens (tertiary/aromatic N) is 3. The molecule has 1 atom stereocenters. The summed E-state index contributed by atoms with van der Waals surface area (Å²) >= 11 is 6.07. The van der Waals surface area contributed by atoms with Crippen LogP contribution in [0.25, 0.3) is 5.70 Å². The molecule has 0 spiro atoms. The van der Waals surface area contributed by atoms with E-state index < -0.39 is 6.23 Å². The molecule has 0 bridgehead atoms. The van der Waals surface area contributed by atoms with Gasteiger partial charge in [0.2, 0.25) is 0 Å². The van der Waals surface area contributed by atoms with E-state index in [1.807, 2.05) is 31.3 Å². The van der Waals surface area contributed by atoms with Crippen molar-refractivity contribution in [2.24, 2.45) is 0 Å². The molecule has 1 N–H and O–H groups in total. The van der Waals surface area contributed by atoms with E-state index in [1.165, 1.54) is 0 Å². The summed E-state index contributed by atoms with van der Waals surface area (Å²) in [6.07, 6.45) is 1.55. The van der Waals surface area contributed by atoms with Gasteiger partial charge >= 0.3 is 0 Å². The van der Waals surface area contributed by atoms with Crippen molar-refractivity contribution in [3.8, 4) is 11.8 Å². The zero-order valence-corrected chi connectivity index (χ0v) is 19.2. The van der Waals surface area contributed by atoms with E-state index in [-0.39, 0.29) is 6.10 Å². The van der Waals surface area contributed by atoms with Gasteiger partial charge in [0.15, 0.2) is 6.23 Å². The van der Waals surface area contributed by atoms with E-state index >= 15 is 0 Å². The molecule has 2 aliphatic heterocycles. The Morgan fingerprint density at radius 2 is 1.97 bits per heavy atom. The minimum absolute atomic E-state index is 0.0860. The van der Waals surface area contributed by atoms with Crippen LogP contribution in [0.3, 0.4) is 0 Å². The van der Waals surface area contributed by atoms with Crippen molar-refractivity contribution in [2.75, 3.05) is 38.8 Å². The number of hydrogen-bond acceptors (Lipinski definition) is 6. The number of aliphatic hydroxyl groups is 1. The van der Waals surface area contributed by atoms with Gasteiger partial charge in [-0.15, -0.1) is 0 Å². The smallest absolute Gasteiger partial charge is 0.165 e. The number of halogens is 1. The normalized spacial score (nSPS) is 19.0. The van der Waals surface area contributed by atoms with E-state index in [2.05, 4.69) is 29.2 Å². The molecule has 0 amide bonds. The number of hydrogen-bond donors (Lipinski definition) is 1. The zero-order valence-electron chi connectivity index (χ0n) is 18.4. The van der Waals surface area contributed by atoms with Crippen molar-refractivity contribution in [1.82, 2.24) is 4.90 Å². The molecule has 1 saturated heterocycles. The number of rotatable bonds is 6. The summed E-state index contributed by atoms with van der Waals surface area (Å²) in [5.41, 5.74) is 4.26. The van der Waals surface area contributed by atoms with Crippen LogP contribution in [0.15, 0.2) is 48.0 Å². The summed E-state index contributed by atoms with van der Waals surface area (Å²) in [6, 6.07) is 15.9. The second-order valence-corrected chi connectivity index (χ2v) is 8.65. The van der Waals surface area contributed by atoms with Gasteiger partial charge in [-0.05, 0) is 36.2 Å². The number of piperidine rings is 1. The highest BCUT2D eigenvalue weighted by atomic mass is 35.5. The molecule has 0 radical (unpaired) electrons. The molecule has 2 aromatic rings. The molecule has 1 unspecified atom stereocenters. The minimum atomic E-state index is -0.972. The number of methoxy groups -OCH3 is 1. The first-order valence-corrected chi connectivity index (χ1v) is 11.2. The average molecular weight is 454 g/mol. The van der Waals surface area contributed by atoms with Crippen LogP contribution >= 0.6 is 11.6 Å². The number of anilines is 1. The third-order valence-corrected chi connectivity index (χ3v) is 6.38. The van der Waals surface area contributed by atoms with Gasteiger partial charge < -0.3 is 24.4 Å². The standard InChI is InChI=1S/C25H28ClN3O3/c1-28-23-14-17(10-13-31-2)6-7-21(23)24(22(16-27)25(28)30)29-11-8-19(9-12-29)32-20-5-3-4-18(26)15-20/h3-7,14-15,19,25,30H,8-13H2,1-2H3. The van der Waals surface area contributed by atoms with Gasteiger partial charge in [-0.3, -0.25) is 0 Å². The van der Waals surface area contributed by atoms with Gasteiger partial charge in [0.1, 0.15) is 23.5 Å². The highest BCUT2D eigenvalue weighted by Gasteiger charge is 2.34. The molecule has 4 rings (SSSR count). The Kier molecular flexibility index (Phi) is 6.90. The number of fused-ring (bicyclic) bond motifs is 1. The van der Waals surface area contributed by atoms with Crippen molar-refractivity contribution in [3.05, 3.63) is 64.2 Å². The topological polar surface area (TPSA) is 69.0 Å². The Balaban J connectivity index is 1.56. The van der Waals surface area contributed by atoms with E-state index in [0.29, 0.717) is 17.2 Å². The molecule has 0 aliphatic carbocycles. The predicted molar refractivity (Wildman–Crippen MR) is 126 cm³/mol. The molecule has 2 heterocycles. The molecule has 32 heavy (non-hydrogen) atoms. The fraction of sp³-hybridized carbons (Fsp3) is 0.400. The monoisotopic (exact) mass is 453 g/mol. The van der Waals surface area contributed by atoms with Crippen LogP contribution in [0.5, 0.6) is 5.75 Å². The fourth-order valence-corrected chi connectivity index (χ4v) is 4.60. The molecule has 1 fully saturated rings. The first-order valence-electron chi connectivity index (χ1n) is 10.9. The van der Waals surface area contributed by atoms with Gasteiger partial charge in [0.05, 0.1) is 12.3 Å². The van der Waals surface area contributed by atoms with Crippen LogP contribution in [-0.4, -0.2) is 56.2 Å². The predicted octanol–water partition coefficient (Wildman–Crippen LogP) is 4.08. The zero-order chi connectivity index (χ0) is 22.7. The summed E-state index contributed by atoms with van der Waals surface area (Å²) in [6.45, 7) is 2.12. The first-order chi connectivity index (χ1) is 15.5. The summed E-state index contributed by atoms with van der Waals surface area (Å²) in [7, 11) is 3.51. The Morgan fingerprint density at radius 3 is 2.66 bits per heavy atom. The quantitative estimate of drug-likeness (QED) is 0.710. The lowest BCUT2D eigenvalue weighted by Gasteiger charge is -2.41. The molecule has 7 heteroatoms. The lowest BCUT2D eigenvalue weighted by molar-refractivity contribution is 0.126. The Labute approximate surface area is 194 Å². The lowest BCUT2D eigenvalue weighted by atomic mass is 9.93. The van der Waals surface area contributed by atoms with Crippen LogP contribution < -0.4 is 9.64 Å². The van der Waals surface area contributed by atoms with Crippen LogP contribution in [0.2, 0.25) is 5.02 Å². The van der Waals surface area contributed by atoms with Gasteiger partial charge in [0.25, 0.3) is 0 Å². The molecule has 0 aromatic heterocycles. The maximum Gasteiger partial charge on any atom is 0.165 e. The number of likely N-dealkylation sites (N-methyl/N-ethyl adjacent to an activating group) is 1. The number of benzene rings is 2. The summed E-state index contributed by atoms with van der Waals surface area (Å²) in [5.74, 6) is 0.775. The van der Waals surface area contributed by atoms with E-state index in [9.17, 15) is 10.4 Å². The Bertz CT molecular complexity index is 1040. The van der Waals surface area contributed by atoms with Crippen molar-refractivity contribution < 1.29 is 14.6 Å². The fourth-order valence-electron chi connectivity index (χ4n) is 4.42. The van der Waals surface area contributed by atoms with Gasteiger partial charge in [-0.1, -0.05) is 29.8 Å². The summed E-state index contributed by atoms with van der Waals surface area (Å²) < 4.78 is 11.3. The second-order valence-electron chi connectivity index (χ2n) is 8.21. The van der Waals surface area contributed by atoms with E-state index in [0.717, 1.165) is 60.6 Å². The maximum atomic E-state index is 10.9. The van der Waals surface area contributed by atoms with Crippen LogP contribution in [0, 0.1) is 11.3 Å². The van der Waals surface area contributed by atoms with Gasteiger partial charge in [-0.2, -0.15) is 5.26 Å². The summed E-state index contributed by atoms with van der Waals surface area (Å²) in [5, 5.41) is 21.4. The molecule has 168 valence electrons. The summed E-state index contributed by atoms with van der Waals surface area (Å²) in [4.78, 5) is 3.98. The lowest BCUT2D eigenvalue weighted by Crippen LogP contribution is -2.43. The number of aliphatic hydroxyl groups excluding tert-OH is 1. The van der Waals surface area contributed by atoms with E-state index in [1.54, 1.807) is 12.0 Å². The largest absolute Gasteiger partial charge is 0.490 e. The molecule has 2 aromatic carbocycles. The molecule has 2 aliphatic rings. The maximum absolute atomic E-state index is 10.9.